The smallest absolute Gasteiger partial charge is 0.253 e. The Labute approximate surface area is 165 Å². The molecule has 8 heteroatoms. The highest BCUT2D eigenvalue weighted by molar-refractivity contribution is 5.97. The van der Waals surface area contributed by atoms with Gasteiger partial charge in [0.05, 0.1) is 12.6 Å². The molecule has 4 N–H and O–H groups in total. The summed E-state index contributed by atoms with van der Waals surface area (Å²) in [5, 5.41) is 5.21. The van der Waals surface area contributed by atoms with Gasteiger partial charge in [0.1, 0.15) is 0 Å². The lowest BCUT2D eigenvalue weighted by atomic mass is 10.1. The summed E-state index contributed by atoms with van der Waals surface area (Å²) >= 11 is 0. The Hall–Kier alpha value is -2.45. The summed E-state index contributed by atoms with van der Waals surface area (Å²) in [4.78, 5) is 38.1. The third-order valence-corrected chi connectivity index (χ3v) is 4.92. The minimum absolute atomic E-state index is 0.00703. The van der Waals surface area contributed by atoms with Gasteiger partial charge in [-0.05, 0) is 43.0 Å². The van der Waals surface area contributed by atoms with Crippen molar-refractivity contribution in [2.24, 2.45) is 11.7 Å². The first-order chi connectivity index (χ1) is 13.3. The van der Waals surface area contributed by atoms with Crippen LogP contribution in [0.3, 0.4) is 0 Å². The molecule has 0 unspecified atom stereocenters. The number of hydrogen-bond acceptors (Lipinski definition) is 5. The Morgan fingerprint density at radius 3 is 2.36 bits per heavy atom. The standard InChI is InChI=1S/C20H30N4O4/c1-13(2)18(21)19(26)22-12-17(25)23-15-6-4-14(5-7-15)20(27)24(3)16-8-10-28-11-9-16/h4-7,13,16,18H,8-12,21H2,1-3H3,(H,22,26)(H,23,25)/t18-/m0/s1. The number of ether oxygens (including phenoxy) is 1. The maximum atomic E-state index is 12.6. The number of hydrogen-bond donors (Lipinski definition) is 3. The molecule has 28 heavy (non-hydrogen) atoms. The summed E-state index contributed by atoms with van der Waals surface area (Å²) in [5.41, 5.74) is 6.85. The third-order valence-electron chi connectivity index (χ3n) is 4.92. The molecule has 1 saturated heterocycles. The van der Waals surface area contributed by atoms with Crippen molar-refractivity contribution < 1.29 is 19.1 Å². The molecule has 0 saturated carbocycles. The molecular formula is C20H30N4O4. The summed E-state index contributed by atoms with van der Waals surface area (Å²) in [7, 11) is 1.80. The molecule has 1 aromatic carbocycles. The highest BCUT2D eigenvalue weighted by Gasteiger charge is 2.23. The van der Waals surface area contributed by atoms with E-state index in [-0.39, 0.29) is 36.2 Å². The first kappa shape index (κ1) is 21.8. The lowest BCUT2D eigenvalue weighted by Gasteiger charge is -2.31. The zero-order valence-electron chi connectivity index (χ0n) is 16.7. The fourth-order valence-electron chi connectivity index (χ4n) is 2.93. The lowest BCUT2D eigenvalue weighted by Crippen LogP contribution is -2.46. The van der Waals surface area contributed by atoms with Gasteiger partial charge in [-0.1, -0.05) is 13.8 Å². The van der Waals surface area contributed by atoms with Gasteiger partial charge >= 0.3 is 0 Å². The van der Waals surface area contributed by atoms with Crippen LogP contribution in [0.25, 0.3) is 0 Å². The Morgan fingerprint density at radius 2 is 1.79 bits per heavy atom. The number of anilines is 1. The molecule has 2 rings (SSSR count). The van der Waals surface area contributed by atoms with Crippen molar-refractivity contribution in [1.29, 1.82) is 0 Å². The second-order valence-electron chi connectivity index (χ2n) is 7.37. The second kappa shape index (κ2) is 10.2. The molecular weight excluding hydrogens is 360 g/mol. The number of carbonyl (C=O) groups excluding carboxylic acids is 3. The summed E-state index contributed by atoms with van der Waals surface area (Å²) in [6, 6.07) is 6.24. The summed E-state index contributed by atoms with van der Waals surface area (Å²) < 4.78 is 5.34. The van der Waals surface area contributed by atoms with E-state index in [1.54, 1.807) is 36.2 Å². The second-order valence-corrected chi connectivity index (χ2v) is 7.37. The van der Waals surface area contributed by atoms with Gasteiger partial charge in [-0.2, -0.15) is 0 Å². The van der Waals surface area contributed by atoms with Gasteiger partial charge < -0.3 is 26.0 Å². The Balaban J connectivity index is 1.85. The maximum absolute atomic E-state index is 12.6. The molecule has 1 aromatic rings. The van der Waals surface area contributed by atoms with E-state index < -0.39 is 6.04 Å². The predicted molar refractivity (Wildman–Crippen MR) is 107 cm³/mol. The molecule has 8 nitrogen and oxygen atoms in total. The van der Waals surface area contributed by atoms with Crippen LogP contribution < -0.4 is 16.4 Å². The van der Waals surface area contributed by atoms with E-state index in [0.717, 1.165) is 12.8 Å². The van der Waals surface area contributed by atoms with Crippen LogP contribution in [0.4, 0.5) is 5.69 Å². The number of rotatable bonds is 7. The molecule has 1 aliphatic heterocycles. The van der Waals surface area contributed by atoms with Crippen molar-refractivity contribution >= 4 is 23.4 Å². The molecule has 0 radical (unpaired) electrons. The first-order valence-electron chi connectivity index (χ1n) is 9.57. The number of nitrogens with zero attached hydrogens (tertiary/aromatic N) is 1. The average Bonchev–Trinajstić information content (AvgIpc) is 2.71. The number of nitrogens with one attached hydrogen (secondary N) is 2. The van der Waals surface area contributed by atoms with Crippen molar-refractivity contribution in [3.63, 3.8) is 0 Å². The molecule has 0 aliphatic carbocycles. The summed E-state index contributed by atoms with van der Waals surface area (Å²) in [6.07, 6.45) is 1.67. The van der Waals surface area contributed by atoms with Crippen molar-refractivity contribution in [1.82, 2.24) is 10.2 Å². The molecule has 0 bridgehead atoms. The van der Waals surface area contributed by atoms with Gasteiger partial charge in [-0.15, -0.1) is 0 Å². The van der Waals surface area contributed by atoms with E-state index in [0.29, 0.717) is 24.5 Å². The number of benzene rings is 1. The average molecular weight is 390 g/mol. The van der Waals surface area contributed by atoms with E-state index in [1.807, 2.05) is 13.8 Å². The normalized spacial score (nSPS) is 15.8. The monoisotopic (exact) mass is 390 g/mol. The maximum Gasteiger partial charge on any atom is 0.253 e. The topological polar surface area (TPSA) is 114 Å². The fraction of sp³-hybridized carbons (Fsp3) is 0.550. The highest BCUT2D eigenvalue weighted by atomic mass is 16.5. The Bertz CT molecular complexity index is 684. The van der Waals surface area contributed by atoms with Crippen molar-refractivity contribution in [2.75, 3.05) is 32.1 Å². The van der Waals surface area contributed by atoms with E-state index >= 15 is 0 Å². The molecule has 1 aliphatic rings. The minimum Gasteiger partial charge on any atom is -0.381 e. The number of amides is 3. The Morgan fingerprint density at radius 1 is 1.18 bits per heavy atom. The minimum atomic E-state index is -0.647. The van der Waals surface area contributed by atoms with Crippen LogP contribution >= 0.6 is 0 Å². The van der Waals surface area contributed by atoms with Crippen LogP contribution in [-0.2, 0) is 14.3 Å². The van der Waals surface area contributed by atoms with Gasteiger partial charge in [-0.25, -0.2) is 0 Å². The van der Waals surface area contributed by atoms with E-state index in [2.05, 4.69) is 10.6 Å². The Kier molecular flexibility index (Phi) is 7.95. The molecule has 154 valence electrons. The number of carbonyl (C=O) groups is 3. The highest BCUT2D eigenvalue weighted by Crippen LogP contribution is 2.17. The molecule has 1 heterocycles. The SMILES string of the molecule is CC(C)[C@H](N)C(=O)NCC(=O)Nc1ccc(C(=O)N(C)C2CCOCC2)cc1. The molecule has 1 atom stereocenters. The quantitative estimate of drug-likeness (QED) is 0.642. The van der Waals surface area contributed by atoms with Crippen molar-refractivity contribution in [2.45, 2.75) is 38.8 Å². The first-order valence-corrected chi connectivity index (χ1v) is 9.57. The van der Waals surface area contributed by atoms with Gasteiger partial charge in [0.25, 0.3) is 5.91 Å². The van der Waals surface area contributed by atoms with E-state index in [1.165, 1.54) is 0 Å². The van der Waals surface area contributed by atoms with Crippen LogP contribution in [0, 0.1) is 5.92 Å². The van der Waals surface area contributed by atoms with Crippen LogP contribution in [0.1, 0.15) is 37.0 Å². The molecule has 1 fully saturated rings. The fourth-order valence-corrected chi connectivity index (χ4v) is 2.93. The van der Waals surface area contributed by atoms with Crippen LogP contribution in [0.5, 0.6) is 0 Å². The van der Waals surface area contributed by atoms with Gasteiger partial charge in [0.15, 0.2) is 0 Å². The molecule has 0 aromatic heterocycles. The summed E-state index contributed by atoms with van der Waals surface area (Å²) in [6.45, 7) is 4.86. The largest absolute Gasteiger partial charge is 0.381 e. The zero-order chi connectivity index (χ0) is 20.7. The summed E-state index contributed by atoms with van der Waals surface area (Å²) in [5.74, 6) is -0.780. The van der Waals surface area contributed by atoms with Crippen LogP contribution in [0.15, 0.2) is 24.3 Å². The third kappa shape index (κ3) is 6.03. The van der Waals surface area contributed by atoms with Gasteiger partial charge in [-0.3, -0.25) is 14.4 Å². The van der Waals surface area contributed by atoms with Crippen LogP contribution in [0.2, 0.25) is 0 Å². The molecule has 0 spiro atoms. The predicted octanol–water partition coefficient (Wildman–Crippen LogP) is 0.976. The van der Waals surface area contributed by atoms with E-state index in [4.69, 9.17) is 10.5 Å². The van der Waals surface area contributed by atoms with Crippen LogP contribution in [-0.4, -0.2) is 61.5 Å². The van der Waals surface area contributed by atoms with Crippen molar-refractivity contribution in [3.8, 4) is 0 Å². The number of nitrogens with two attached hydrogens (primary N) is 1. The van der Waals surface area contributed by atoms with Gasteiger partial charge in [0, 0.05) is 37.6 Å². The zero-order valence-corrected chi connectivity index (χ0v) is 16.7. The van der Waals surface area contributed by atoms with Crippen molar-refractivity contribution in [3.05, 3.63) is 29.8 Å². The van der Waals surface area contributed by atoms with Gasteiger partial charge in [0.2, 0.25) is 11.8 Å². The lowest BCUT2D eigenvalue weighted by molar-refractivity contribution is -0.125. The molecule has 3 amide bonds. The van der Waals surface area contributed by atoms with E-state index in [9.17, 15) is 14.4 Å².